The summed E-state index contributed by atoms with van der Waals surface area (Å²) in [6.07, 6.45) is -1.88. The Hall–Kier alpha value is -4.48. The van der Waals surface area contributed by atoms with Crippen LogP contribution in [-0.4, -0.2) is 51.0 Å². The molecular weight excluding hydrogens is 456 g/mol. The van der Waals surface area contributed by atoms with Crippen molar-refractivity contribution in [3.8, 4) is 11.5 Å². The molecule has 0 saturated carbocycles. The van der Waals surface area contributed by atoms with E-state index in [4.69, 9.17) is 9.47 Å². The first kappa shape index (κ1) is 25.8. The summed E-state index contributed by atoms with van der Waals surface area (Å²) in [7, 11) is 0. The number of ether oxygens (including phenoxy) is 6. The summed E-state index contributed by atoms with van der Waals surface area (Å²) in [5, 5.41) is 0. The van der Waals surface area contributed by atoms with Gasteiger partial charge in [-0.25, -0.2) is 29.0 Å². The van der Waals surface area contributed by atoms with Gasteiger partial charge in [-0.1, -0.05) is 24.3 Å². The predicted octanol–water partition coefficient (Wildman–Crippen LogP) is 3.63. The first-order chi connectivity index (χ1) is 16.5. The summed E-state index contributed by atoms with van der Waals surface area (Å²) < 4.78 is 29.0. The molecule has 34 heavy (non-hydrogen) atoms. The Bertz CT molecular complexity index is 908. The van der Waals surface area contributed by atoms with Crippen molar-refractivity contribution in [1.82, 2.24) is 0 Å². The number of hydrogen-bond donors (Lipinski definition) is 0. The van der Waals surface area contributed by atoms with Crippen LogP contribution in [0.2, 0.25) is 0 Å². The molecule has 0 aliphatic rings. The van der Waals surface area contributed by atoms with Crippen LogP contribution in [0.4, 0.5) is 9.59 Å². The second-order valence-corrected chi connectivity index (χ2v) is 5.91. The van der Waals surface area contributed by atoms with E-state index in [0.29, 0.717) is 0 Å². The highest BCUT2D eigenvalue weighted by Crippen LogP contribution is 2.22. The van der Waals surface area contributed by atoms with E-state index >= 15 is 0 Å². The Morgan fingerprint density at radius 1 is 0.588 bits per heavy atom. The van der Waals surface area contributed by atoms with Crippen molar-refractivity contribution in [1.29, 1.82) is 0 Å². The van der Waals surface area contributed by atoms with E-state index in [1.807, 2.05) is 0 Å². The third kappa shape index (κ3) is 8.22. The van der Waals surface area contributed by atoms with Crippen molar-refractivity contribution in [2.24, 2.45) is 0 Å². The Balaban J connectivity index is 1.94. The molecule has 2 aromatic rings. The Labute approximate surface area is 194 Å². The molecule has 2 aromatic carbocycles. The van der Waals surface area contributed by atoms with E-state index in [0.717, 1.165) is 0 Å². The summed E-state index contributed by atoms with van der Waals surface area (Å²) in [6.45, 7) is 2.41. The normalized spacial score (nSPS) is 9.82. The summed E-state index contributed by atoms with van der Waals surface area (Å²) in [4.78, 5) is 56.4. The third-order valence-electron chi connectivity index (χ3n) is 3.71. The molecule has 0 saturated heterocycles. The molecule has 0 spiro atoms. The van der Waals surface area contributed by atoms with Crippen LogP contribution in [0.1, 0.15) is 34.6 Å². The van der Waals surface area contributed by atoms with E-state index < -0.39 is 37.8 Å². The van der Waals surface area contributed by atoms with Gasteiger partial charge in [-0.05, 0) is 38.1 Å². The molecular formula is C22H22O12. The van der Waals surface area contributed by atoms with Crippen LogP contribution in [-0.2, 0) is 28.7 Å². The lowest BCUT2D eigenvalue weighted by Gasteiger charge is -2.11. The highest BCUT2D eigenvalue weighted by atomic mass is 17.2. The molecule has 0 atom stereocenters. The summed E-state index contributed by atoms with van der Waals surface area (Å²) in [5.74, 6) is -2.09. The molecule has 182 valence electrons. The first-order valence-electron chi connectivity index (χ1n) is 9.92. The van der Waals surface area contributed by atoms with Crippen molar-refractivity contribution >= 4 is 24.2 Å². The largest absolute Gasteiger partial charge is 0.511 e. The van der Waals surface area contributed by atoms with Gasteiger partial charge in [0.1, 0.15) is 22.6 Å². The number of para-hydroxylation sites is 2. The first-order valence-corrected chi connectivity index (χ1v) is 9.92. The minimum absolute atomic E-state index is 0.00713. The van der Waals surface area contributed by atoms with Crippen LogP contribution in [0.15, 0.2) is 48.5 Å². The molecule has 0 heterocycles. The lowest BCUT2D eigenvalue weighted by atomic mass is 10.2. The average molecular weight is 478 g/mol. The molecule has 0 aromatic heterocycles. The highest BCUT2D eigenvalue weighted by Gasteiger charge is 2.21. The fraction of sp³-hybridized carbons (Fsp3) is 0.273. The van der Waals surface area contributed by atoms with Crippen molar-refractivity contribution in [3.05, 3.63) is 59.7 Å². The van der Waals surface area contributed by atoms with Crippen molar-refractivity contribution in [2.75, 3.05) is 26.8 Å². The summed E-state index contributed by atoms with van der Waals surface area (Å²) in [6, 6.07) is 11.7. The molecule has 2 rings (SSSR count). The zero-order valence-electron chi connectivity index (χ0n) is 18.3. The van der Waals surface area contributed by atoms with Gasteiger partial charge in [0.15, 0.2) is 0 Å². The molecule has 0 N–H and O–H groups in total. The van der Waals surface area contributed by atoms with Gasteiger partial charge in [0.05, 0.1) is 13.2 Å². The lowest BCUT2D eigenvalue weighted by Crippen LogP contribution is -2.16. The van der Waals surface area contributed by atoms with Crippen LogP contribution in [0.5, 0.6) is 11.5 Å². The second-order valence-electron chi connectivity index (χ2n) is 5.91. The van der Waals surface area contributed by atoms with Crippen LogP contribution in [0.3, 0.4) is 0 Å². The maximum atomic E-state index is 12.4. The zero-order valence-corrected chi connectivity index (χ0v) is 18.3. The minimum Gasteiger partial charge on any atom is -0.456 e. The van der Waals surface area contributed by atoms with Crippen LogP contribution < -0.4 is 9.47 Å². The molecule has 0 amide bonds. The molecule has 0 aliphatic heterocycles. The third-order valence-corrected chi connectivity index (χ3v) is 3.71. The minimum atomic E-state index is -1.05. The molecule has 0 bridgehead atoms. The number of carbonyl (C=O) groups excluding carboxylic acids is 4. The van der Waals surface area contributed by atoms with E-state index in [2.05, 4.69) is 28.7 Å². The predicted molar refractivity (Wildman–Crippen MR) is 111 cm³/mol. The topological polar surface area (TPSA) is 142 Å². The van der Waals surface area contributed by atoms with Crippen LogP contribution in [0, 0.1) is 0 Å². The quantitative estimate of drug-likeness (QED) is 0.213. The molecule has 12 heteroatoms. The fourth-order valence-electron chi connectivity index (χ4n) is 2.29. The van der Waals surface area contributed by atoms with Gasteiger partial charge in [0.2, 0.25) is 13.6 Å². The molecule has 12 nitrogen and oxygen atoms in total. The van der Waals surface area contributed by atoms with Gasteiger partial charge in [0.25, 0.3) is 0 Å². The van der Waals surface area contributed by atoms with Gasteiger partial charge >= 0.3 is 24.2 Å². The molecule has 0 fully saturated rings. The number of benzene rings is 2. The monoisotopic (exact) mass is 478 g/mol. The summed E-state index contributed by atoms with van der Waals surface area (Å²) >= 11 is 0. The van der Waals surface area contributed by atoms with Gasteiger partial charge in [0, 0.05) is 0 Å². The Kier molecular flexibility index (Phi) is 10.5. The maximum absolute atomic E-state index is 12.4. The van der Waals surface area contributed by atoms with Crippen molar-refractivity contribution in [3.63, 3.8) is 0 Å². The SMILES string of the molecule is CCOC(=O)OCOc1ccccc1C(=O)OOC(=O)c1ccccc1OCOC(=O)OCC. The second kappa shape index (κ2) is 13.8. The van der Waals surface area contributed by atoms with E-state index in [9.17, 15) is 19.2 Å². The van der Waals surface area contributed by atoms with Gasteiger partial charge < -0.3 is 28.4 Å². The van der Waals surface area contributed by atoms with E-state index in [-0.39, 0.29) is 35.8 Å². The standard InChI is InChI=1S/C22H22O12/c1-3-27-21(25)31-13-29-17-11-7-5-9-15(17)19(23)33-34-20(24)16-10-6-8-12-18(16)30-14-32-22(26)28-4-2/h5-12H,3-4,13-14H2,1-2H3. The lowest BCUT2D eigenvalue weighted by molar-refractivity contribution is -0.187. The van der Waals surface area contributed by atoms with Gasteiger partial charge in [-0.2, -0.15) is 0 Å². The highest BCUT2D eigenvalue weighted by molar-refractivity contribution is 5.95. The Morgan fingerprint density at radius 3 is 1.35 bits per heavy atom. The van der Waals surface area contributed by atoms with E-state index in [1.54, 1.807) is 26.0 Å². The molecule has 0 radical (unpaired) electrons. The molecule has 0 unspecified atom stereocenters. The Morgan fingerprint density at radius 2 is 0.971 bits per heavy atom. The number of rotatable bonds is 10. The zero-order chi connectivity index (χ0) is 24.8. The van der Waals surface area contributed by atoms with Gasteiger partial charge in [-0.15, -0.1) is 0 Å². The van der Waals surface area contributed by atoms with Crippen LogP contribution >= 0.6 is 0 Å². The maximum Gasteiger partial charge on any atom is 0.511 e. The van der Waals surface area contributed by atoms with Gasteiger partial charge in [-0.3, -0.25) is 0 Å². The van der Waals surface area contributed by atoms with Crippen molar-refractivity contribution < 1.29 is 57.4 Å². The van der Waals surface area contributed by atoms with Crippen molar-refractivity contribution in [2.45, 2.75) is 13.8 Å². The average Bonchev–Trinajstić information content (AvgIpc) is 2.83. The number of carbonyl (C=O) groups is 4. The van der Waals surface area contributed by atoms with Crippen LogP contribution in [0.25, 0.3) is 0 Å². The van der Waals surface area contributed by atoms with E-state index in [1.165, 1.54) is 36.4 Å². The fourth-order valence-corrected chi connectivity index (χ4v) is 2.29. The number of hydrogen-bond acceptors (Lipinski definition) is 12. The summed E-state index contributed by atoms with van der Waals surface area (Å²) in [5.41, 5.74) is -0.203. The smallest absolute Gasteiger partial charge is 0.456 e. The molecule has 0 aliphatic carbocycles.